The minimum atomic E-state index is 0.820. The topological polar surface area (TPSA) is 19.6 Å². The van der Waals surface area contributed by atoms with Crippen LogP contribution in [0.4, 0.5) is 22.7 Å². The summed E-state index contributed by atoms with van der Waals surface area (Å²) in [5.41, 5.74) is 13.0. The van der Waals surface area contributed by atoms with Crippen LogP contribution in [0.5, 0.6) is 0 Å². The summed E-state index contributed by atoms with van der Waals surface area (Å²) < 4.78 is 6.52. The summed E-state index contributed by atoms with van der Waals surface area (Å²) in [6, 6.07) is 80.5. The molecule has 9 aromatic rings. The Bertz CT molecular complexity index is 2660. The van der Waals surface area contributed by atoms with E-state index in [2.05, 4.69) is 253 Å². The highest BCUT2D eigenvalue weighted by atomic mass is 16.3. The molecule has 0 saturated heterocycles. The van der Waals surface area contributed by atoms with Gasteiger partial charge in [0.15, 0.2) is 0 Å². The van der Waals surface area contributed by atoms with Crippen molar-refractivity contribution in [1.29, 1.82) is 0 Å². The van der Waals surface area contributed by atoms with Crippen molar-refractivity contribution in [2.24, 2.45) is 0 Å². The molecular formula is C54H40N2O. The van der Waals surface area contributed by atoms with Crippen LogP contribution in [0.1, 0.15) is 22.3 Å². The van der Waals surface area contributed by atoms with Crippen LogP contribution >= 0.6 is 0 Å². The summed E-state index contributed by atoms with van der Waals surface area (Å²) in [6.07, 6.45) is 4.49. The molecule has 0 saturated carbocycles. The Morgan fingerprint density at radius 3 is 1.11 bits per heavy atom. The molecule has 0 amide bonds. The lowest BCUT2D eigenvalue weighted by Gasteiger charge is -2.23. The molecule has 0 atom stereocenters. The molecule has 9 rings (SSSR count). The first kappa shape index (κ1) is 35.1. The van der Waals surface area contributed by atoms with Gasteiger partial charge in [-0.05, 0) is 95.1 Å². The van der Waals surface area contributed by atoms with Crippen molar-refractivity contribution in [1.82, 2.24) is 0 Å². The minimum Gasteiger partial charge on any atom is -0.456 e. The highest BCUT2D eigenvalue weighted by Crippen LogP contribution is 2.37. The number of hydrogen-bond donors (Lipinski definition) is 0. The molecule has 0 aliphatic carbocycles. The van der Waals surface area contributed by atoms with E-state index in [4.69, 9.17) is 4.42 Å². The van der Waals surface area contributed by atoms with Crippen molar-refractivity contribution < 1.29 is 4.42 Å². The molecule has 57 heavy (non-hydrogen) atoms. The molecule has 1 heterocycles. The van der Waals surface area contributed by atoms with E-state index in [0.717, 1.165) is 78.4 Å². The molecule has 0 aliphatic rings. The minimum absolute atomic E-state index is 0.820. The van der Waals surface area contributed by atoms with Gasteiger partial charge in [0.05, 0.1) is 0 Å². The second kappa shape index (κ2) is 16.4. The molecule has 0 fully saturated rings. The summed E-state index contributed by atoms with van der Waals surface area (Å²) in [7, 11) is 0. The third-order valence-electron chi connectivity index (χ3n) is 10.1. The number of furan rings is 1. The van der Waals surface area contributed by atoms with Crippen LogP contribution in [-0.4, -0.2) is 0 Å². The zero-order valence-corrected chi connectivity index (χ0v) is 31.4. The monoisotopic (exact) mass is 732 g/mol. The fourth-order valence-corrected chi connectivity index (χ4v) is 7.24. The van der Waals surface area contributed by atoms with Gasteiger partial charge in [0.1, 0.15) is 11.3 Å². The lowest BCUT2D eigenvalue weighted by molar-refractivity contribution is 0.631. The first-order valence-corrected chi connectivity index (χ1v) is 19.2. The summed E-state index contributed by atoms with van der Waals surface area (Å²) >= 11 is 0. The van der Waals surface area contributed by atoms with Gasteiger partial charge in [-0.15, -0.1) is 0 Å². The zero-order chi connectivity index (χ0) is 38.2. The predicted molar refractivity (Wildman–Crippen MR) is 239 cm³/mol. The van der Waals surface area contributed by atoms with Crippen LogP contribution in [0.15, 0.2) is 247 Å². The van der Waals surface area contributed by atoms with Crippen LogP contribution in [0, 0.1) is 0 Å². The van der Waals surface area contributed by atoms with Crippen LogP contribution in [-0.2, 0) is 0 Å². The highest BCUT2D eigenvalue weighted by molar-refractivity contribution is 5.90. The van der Waals surface area contributed by atoms with E-state index >= 15 is 0 Å². The van der Waals surface area contributed by atoms with Crippen molar-refractivity contribution in [3.05, 3.63) is 265 Å². The Balaban J connectivity index is 1.08. The second-order valence-electron chi connectivity index (χ2n) is 13.8. The maximum absolute atomic E-state index is 6.52. The first-order chi connectivity index (χ1) is 28.3. The molecular weight excluding hydrogens is 693 g/mol. The van der Waals surface area contributed by atoms with E-state index in [1.807, 2.05) is 0 Å². The van der Waals surface area contributed by atoms with Crippen molar-refractivity contribution in [2.45, 2.75) is 0 Å². The third-order valence-corrected chi connectivity index (χ3v) is 10.1. The number of benzene rings is 8. The average Bonchev–Trinajstić information content (AvgIpc) is 3.73. The van der Waals surface area contributed by atoms with Crippen LogP contribution < -0.4 is 9.80 Å². The smallest absolute Gasteiger partial charge is 0.135 e. The molecule has 0 N–H and O–H groups in total. The van der Waals surface area contributed by atoms with Gasteiger partial charge in [-0.25, -0.2) is 0 Å². The maximum Gasteiger partial charge on any atom is 0.135 e. The highest BCUT2D eigenvalue weighted by Gasteiger charge is 2.16. The van der Waals surface area contributed by atoms with Gasteiger partial charge in [0.2, 0.25) is 0 Å². The van der Waals surface area contributed by atoms with Crippen LogP contribution in [0.3, 0.4) is 0 Å². The molecule has 3 nitrogen and oxygen atoms in total. The van der Waals surface area contributed by atoms with E-state index in [0.29, 0.717) is 0 Å². The number of nitrogens with zero attached hydrogens (tertiary/aromatic N) is 2. The lowest BCUT2D eigenvalue weighted by atomic mass is 9.98. The standard InChI is InChI=1S/C54H40N2O/c1-7-19-41(20-8-1)51(42-21-9-2-10-22-42)39-55(47-27-15-5-16-28-47)49-33-31-45(32-34-49)54-38-46-37-50(35-36-53(46)57-54)56(48-29-17-6-18-30-48)40-52(43-23-11-3-12-24-43)44-25-13-4-14-26-44/h1-40H. The molecule has 0 spiro atoms. The van der Waals surface area contributed by atoms with E-state index < -0.39 is 0 Å². The van der Waals surface area contributed by atoms with E-state index in [1.165, 1.54) is 0 Å². The Morgan fingerprint density at radius 1 is 0.333 bits per heavy atom. The van der Waals surface area contributed by atoms with Crippen molar-refractivity contribution in [3.63, 3.8) is 0 Å². The van der Waals surface area contributed by atoms with Gasteiger partial charge >= 0.3 is 0 Å². The van der Waals surface area contributed by atoms with Gasteiger partial charge in [0.25, 0.3) is 0 Å². The number of para-hydroxylation sites is 2. The second-order valence-corrected chi connectivity index (χ2v) is 13.8. The maximum atomic E-state index is 6.52. The molecule has 3 heteroatoms. The van der Waals surface area contributed by atoms with Crippen LogP contribution in [0.25, 0.3) is 33.4 Å². The zero-order valence-electron chi connectivity index (χ0n) is 31.4. The van der Waals surface area contributed by atoms with E-state index in [-0.39, 0.29) is 0 Å². The number of rotatable bonds is 11. The lowest BCUT2D eigenvalue weighted by Crippen LogP contribution is -2.10. The van der Waals surface area contributed by atoms with Crippen molar-refractivity contribution in [3.8, 4) is 11.3 Å². The summed E-state index contributed by atoms with van der Waals surface area (Å²) in [4.78, 5) is 4.52. The van der Waals surface area contributed by atoms with Gasteiger partial charge in [-0.3, -0.25) is 0 Å². The van der Waals surface area contributed by atoms with E-state index in [9.17, 15) is 0 Å². The summed E-state index contributed by atoms with van der Waals surface area (Å²) in [6.45, 7) is 0. The molecule has 8 aromatic carbocycles. The Hall–Kier alpha value is -7.62. The SMILES string of the molecule is C(=C(c1ccccc1)c1ccccc1)N(c1ccccc1)c1ccc(-c2cc3cc(N(C=C(c4ccccc4)c4ccccc4)c4ccccc4)ccc3o2)cc1. The van der Waals surface area contributed by atoms with Gasteiger partial charge in [0, 0.05) is 57.2 Å². The summed E-state index contributed by atoms with van der Waals surface area (Å²) in [5, 5.41) is 1.03. The Labute approximate surface area is 334 Å². The van der Waals surface area contributed by atoms with Crippen molar-refractivity contribution >= 4 is 44.9 Å². The number of hydrogen-bond acceptors (Lipinski definition) is 3. The first-order valence-electron chi connectivity index (χ1n) is 19.2. The molecule has 0 aliphatic heterocycles. The molecule has 0 radical (unpaired) electrons. The quantitative estimate of drug-likeness (QED) is 0.132. The number of fused-ring (bicyclic) bond motifs is 1. The molecule has 0 bridgehead atoms. The fourth-order valence-electron chi connectivity index (χ4n) is 7.24. The fraction of sp³-hybridized carbons (Fsp3) is 0. The normalized spacial score (nSPS) is 10.8. The largest absolute Gasteiger partial charge is 0.456 e. The molecule has 0 unspecified atom stereocenters. The van der Waals surface area contributed by atoms with E-state index in [1.54, 1.807) is 0 Å². The number of anilines is 4. The summed E-state index contributed by atoms with van der Waals surface area (Å²) in [5.74, 6) is 0.820. The molecule has 1 aromatic heterocycles. The van der Waals surface area contributed by atoms with Gasteiger partial charge in [-0.2, -0.15) is 0 Å². The van der Waals surface area contributed by atoms with Gasteiger partial charge < -0.3 is 14.2 Å². The third kappa shape index (κ3) is 7.82. The predicted octanol–water partition coefficient (Wildman–Crippen LogP) is 14.6. The van der Waals surface area contributed by atoms with Crippen molar-refractivity contribution in [2.75, 3.05) is 9.80 Å². The molecule has 272 valence electrons. The Kier molecular flexibility index (Phi) is 10.1. The van der Waals surface area contributed by atoms with Crippen LogP contribution in [0.2, 0.25) is 0 Å². The Morgan fingerprint density at radius 2 is 0.684 bits per heavy atom. The average molecular weight is 733 g/mol. The van der Waals surface area contributed by atoms with Gasteiger partial charge in [-0.1, -0.05) is 158 Å².